The van der Waals surface area contributed by atoms with E-state index in [0.717, 1.165) is 0 Å². The number of hydrogen-bond donors (Lipinski definition) is 6. The first kappa shape index (κ1) is 19.6. The number of carbonyl (C=O) groups excluding carboxylic acids is 2. The topological polar surface area (TPSA) is 172 Å². The third-order valence-corrected chi connectivity index (χ3v) is 2.67. The number of rotatable bonds is 10. The van der Waals surface area contributed by atoms with E-state index in [1.807, 2.05) is 0 Å². The largest absolute Gasteiger partial charge is 0.480 e. The van der Waals surface area contributed by atoms with Gasteiger partial charge in [0, 0.05) is 6.54 Å². The van der Waals surface area contributed by atoms with Crippen LogP contribution < -0.4 is 27.4 Å². The summed E-state index contributed by atoms with van der Waals surface area (Å²) in [6.45, 7) is 1.82. The molecule has 2 atom stereocenters. The van der Waals surface area contributed by atoms with Gasteiger partial charge in [-0.2, -0.15) is 0 Å². The van der Waals surface area contributed by atoms with Crippen LogP contribution in [0.4, 0.5) is 0 Å². The number of amides is 2. The van der Waals surface area contributed by atoms with Gasteiger partial charge in [0.2, 0.25) is 11.8 Å². The Morgan fingerprint density at radius 2 is 1.86 bits per heavy atom. The summed E-state index contributed by atoms with van der Waals surface area (Å²) in [5.74, 6) is -2.16. The van der Waals surface area contributed by atoms with E-state index in [4.69, 9.17) is 16.6 Å². The first-order chi connectivity index (χ1) is 10.3. The van der Waals surface area contributed by atoms with Crippen LogP contribution in [0, 0.1) is 0 Å². The number of guanidine groups is 1. The standard InChI is InChI=1S/C12H24N6O4/c1-7(17-9(19)6-15-2)10(20)18-8(11(21)22)4-3-5-16-12(13)14/h7-8,15H,3-6H2,1-2H3,(H,17,19)(H,18,20)(H,21,22)(H4,13,14,16)/t7-,8-/m0/s1. The molecule has 0 aromatic heterocycles. The number of nitrogens with two attached hydrogens (primary N) is 2. The average molecular weight is 316 g/mol. The molecular formula is C12H24N6O4. The van der Waals surface area contributed by atoms with Crippen molar-refractivity contribution in [3.63, 3.8) is 0 Å². The summed E-state index contributed by atoms with van der Waals surface area (Å²) in [5.41, 5.74) is 10.3. The van der Waals surface area contributed by atoms with Crippen molar-refractivity contribution in [1.29, 1.82) is 0 Å². The molecule has 22 heavy (non-hydrogen) atoms. The van der Waals surface area contributed by atoms with E-state index in [1.54, 1.807) is 7.05 Å². The lowest BCUT2D eigenvalue weighted by molar-refractivity contribution is -0.142. The minimum Gasteiger partial charge on any atom is -0.480 e. The number of hydrogen-bond acceptors (Lipinski definition) is 5. The average Bonchev–Trinajstić information content (AvgIpc) is 2.41. The molecule has 0 fully saturated rings. The molecule has 8 N–H and O–H groups in total. The number of carboxylic acids is 1. The Balaban J connectivity index is 4.36. The van der Waals surface area contributed by atoms with Crippen molar-refractivity contribution in [2.75, 3.05) is 20.1 Å². The van der Waals surface area contributed by atoms with Crippen molar-refractivity contribution < 1.29 is 19.5 Å². The Labute approximate surface area is 128 Å². The van der Waals surface area contributed by atoms with Crippen LogP contribution in [0.25, 0.3) is 0 Å². The summed E-state index contributed by atoms with van der Waals surface area (Å²) in [4.78, 5) is 38.1. The molecule has 0 bridgehead atoms. The number of nitrogens with one attached hydrogen (secondary N) is 3. The Morgan fingerprint density at radius 1 is 1.23 bits per heavy atom. The second-order valence-corrected chi connectivity index (χ2v) is 4.67. The van der Waals surface area contributed by atoms with E-state index >= 15 is 0 Å². The number of carbonyl (C=O) groups is 3. The van der Waals surface area contributed by atoms with Crippen LogP contribution in [0.2, 0.25) is 0 Å². The monoisotopic (exact) mass is 316 g/mol. The van der Waals surface area contributed by atoms with Gasteiger partial charge >= 0.3 is 5.97 Å². The second kappa shape index (κ2) is 10.4. The fourth-order valence-electron chi connectivity index (χ4n) is 1.58. The van der Waals surface area contributed by atoms with Gasteiger partial charge in [-0.15, -0.1) is 0 Å². The van der Waals surface area contributed by atoms with Crippen molar-refractivity contribution in [2.45, 2.75) is 31.8 Å². The molecule has 0 saturated carbocycles. The maximum Gasteiger partial charge on any atom is 0.326 e. The van der Waals surface area contributed by atoms with Crippen LogP contribution in [0.5, 0.6) is 0 Å². The molecule has 0 spiro atoms. The van der Waals surface area contributed by atoms with Crippen molar-refractivity contribution >= 4 is 23.7 Å². The van der Waals surface area contributed by atoms with E-state index in [0.29, 0.717) is 6.42 Å². The predicted octanol–water partition coefficient (Wildman–Crippen LogP) is -2.67. The molecule has 10 nitrogen and oxygen atoms in total. The van der Waals surface area contributed by atoms with Crippen LogP contribution in [0.3, 0.4) is 0 Å². The summed E-state index contributed by atoms with van der Waals surface area (Å²) in [7, 11) is 1.60. The molecule has 0 aliphatic heterocycles. The van der Waals surface area contributed by atoms with Gasteiger partial charge in [0.1, 0.15) is 12.1 Å². The fourth-order valence-corrected chi connectivity index (χ4v) is 1.58. The molecule has 0 aromatic rings. The highest BCUT2D eigenvalue weighted by atomic mass is 16.4. The van der Waals surface area contributed by atoms with E-state index in [-0.39, 0.29) is 31.4 Å². The zero-order valence-electron chi connectivity index (χ0n) is 12.8. The van der Waals surface area contributed by atoms with Gasteiger partial charge < -0.3 is 32.5 Å². The second-order valence-electron chi connectivity index (χ2n) is 4.67. The maximum atomic E-state index is 11.9. The summed E-state index contributed by atoms with van der Waals surface area (Å²) in [6.07, 6.45) is 0.574. The van der Waals surface area contributed by atoms with Crippen molar-refractivity contribution in [3.8, 4) is 0 Å². The number of likely N-dealkylation sites (N-methyl/N-ethyl adjacent to an activating group) is 1. The van der Waals surface area contributed by atoms with Gasteiger partial charge in [0.15, 0.2) is 5.96 Å². The Hall–Kier alpha value is -2.36. The van der Waals surface area contributed by atoms with Gasteiger partial charge in [-0.3, -0.25) is 14.6 Å². The van der Waals surface area contributed by atoms with E-state index in [9.17, 15) is 14.4 Å². The Bertz CT molecular complexity index is 422. The van der Waals surface area contributed by atoms with Gasteiger partial charge in [-0.25, -0.2) is 4.79 Å². The predicted molar refractivity (Wildman–Crippen MR) is 81.0 cm³/mol. The van der Waals surface area contributed by atoms with Crippen LogP contribution in [-0.2, 0) is 14.4 Å². The zero-order valence-corrected chi connectivity index (χ0v) is 12.8. The lowest BCUT2D eigenvalue weighted by atomic mass is 10.1. The molecule has 0 aliphatic rings. The smallest absolute Gasteiger partial charge is 0.326 e. The number of aliphatic carboxylic acids is 1. The molecular weight excluding hydrogens is 292 g/mol. The van der Waals surface area contributed by atoms with Gasteiger partial charge in [0.25, 0.3) is 0 Å². The minimum atomic E-state index is -1.16. The molecule has 126 valence electrons. The van der Waals surface area contributed by atoms with E-state index in [1.165, 1.54) is 6.92 Å². The molecule has 0 aliphatic carbocycles. The van der Waals surface area contributed by atoms with Gasteiger partial charge in [-0.1, -0.05) is 0 Å². The normalized spacial score (nSPS) is 12.8. The molecule has 2 amide bonds. The lowest BCUT2D eigenvalue weighted by Crippen LogP contribution is -2.51. The van der Waals surface area contributed by atoms with Gasteiger partial charge in [-0.05, 0) is 26.8 Å². The summed E-state index contributed by atoms with van der Waals surface area (Å²) in [5, 5.41) is 16.5. The zero-order chi connectivity index (χ0) is 17.1. The Morgan fingerprint density at radius 3 is 2.36 bits per heavy atom. The fraction of sp³-hybridized carbons (Fsp3) is 0.667. The molecule has 0 rings (SSSR count). The molecule has 10 heteroatoms. The highest BCUT2D eigenvalue weighted by Gasteiger charge is 2.23. The summed E-state index contributed by atoms with van der Waals surface area (Å²) in [6, 6.07) is -1.90. The molecule has 0 saturated heterocycles. The van der Waals surface area contributed by atoms with Crippen molar-refractivity contribution in [3.05, 3.63) is 0 Å². The third-order valence-electron chi connectivity index (χ3n) is 2.67. The molecule has 0 unspecified atom stereocenters. The van der Waals surface area contributed by atoms with Crippen molar-refractivity contribution in [1.82, 2.24) is 16.0 Å². The van der Waals surface area contributed by atoms with Crippen LogP contribution in [-0.4, -0.2) is 61.1 Å². The number of nitrogens with zero attached hydrogens (tertiary/aromatic N) is 1. The van der Waals surface area contributed by atoms with E-state index < -0.39 is 24.0 Å². The first-order valence-electron chi connectivity index (χ1n) is 6.80. The van der Waals surface area contributed by atoms with E-state index in [2.05, 4.69) is 20.9 Å². The Kier molecular flexibility index (Phi) is 9.27. The number of carboxylic acid groups (broad SMARTS) is 1. The van der Waals surface area contributed by atoms with Crippen LogP contribution >= 0.6 is 0 Å². The van der Waals surface area contributed by atoms with Crippen molar-refractivity contribution in [2.24, 2.45) is 16.5 Å². The third kappa shape index (κ3) is 8.74. The quantitative estimate of drug-likeness (QED) is 0.145. The minimum absolute atomic E-state index is 0.0680. The highest BCUT2D eigenvalue weighted by Crippen LogP contribution is 1.99. The maximum absolute atomic E-state index is 11.9. The number of aliphatic imine (C=N–C) groups is 1. The highest BCUT2D eigenvalue weighted by molar-refractivity contribution is 5.90. The van der Waals surface area contributed by atoms with Crippen LogP contribution in [0.1, 0.15) is 19.8 Å². The summed E-state index contributed by atoms with van der Waals surface area (Å²) >= 11 is 0. The van der Waals surface area contributed by atoms with Crippen LogP contribution in [0.15, 0.2) is 4.99 Å². The SMILES string of the molecule is CNCC(=O)N[C@@H](C)C(=O)N[C@@H](CCCN=C(N)N)C(=O)O. The lowest BCUT2D eigenvalue weighted by Gasteiger charge is -2.18. The molecule has 0 radical (unpaired) electrons. The van der Waals surface area contributed by atoms with Gasteiger partial charge in [0.05, 0.1) is 6.54 Å². The first-order valence-corrected chi connectivity index (χ1v) is 6.80. The molecule has 0 aromatic carbocycles. The molecule has 0 heterocycles. The summed E-state index contributed by atoms with van der Waals surface area (Å²) < 4.78 is 0.